The summed E-state index contributed by atoms with van der Waals surface area (Å²) >= 11 is 0. The van der Waals surface area contributed by atoms with Crippen molar-refractivity contribution in [2.45, 2.75) is 6.42 Å². The Morgan fingerprint density at radius 2 is 2.00 bits per heavy atom. The second-order valence-electron chi connectivity index (χ2n) is 2.99. The standard InChI is InChI=1S/C7H16N2O4S/c10-5-1-2-8-14(11,12)9-3-6-13-7-4-9/h8,10H,1-7H2. The van der Waals surface area contributed by atoms with Crippen LogP contribution in [0.25, 0.3) is 0 Å². The van der Waals surface area contributed by atoms with Gasteiger partial charge in [0.1, 0.15) is 0 Å². The van der Waals surface area contributed by atoms with Crippen LogP contribution < -0.4 is 4.72 Å². The van der Waals surface area contributed by atoms with Gasteiger partial charge in [0.2, 0.25) is 0 Å². The lowest BCUT2D eigenvalue weighted by Gasteiger charge is -2.25. The summed E-state index contributed by atoms with van der Waals surface area (Å²) in [7, 11) is -3.36. The summed E-state index contributed by atoms with van der Waals surface area (Å²) in [5.41, 5.74) is 0. The van der Waals surface area contributed by atoms with Crippen molar-refractivity contribution in [2.75, 3.05) is 39.5 Å². The number of morpholine rings is 1. The molecule has 6 nitrogen and oxygen atoms in total. The Hall–Kier alpha value is -0.210. The number of rotatable bonds is 5. The van der Waals surface area contributed by atoms with Crippen molar-refractivity contribution in [3.05, 3.63) is 0 Å². The Balaban J connectivity index is 2.38. The molecule has 0 aromatic rings. The number of nitrogens with zero attached hydrogens (tertiary/aromatic N) is 1. The van der Waals surface area contributed by atoms with Gasteiger partial charge in [-0.2, -0.15) is 12.7 Å². The van der Waals surface area contributed by atoms with Crippen molar-refractivity contribution in [2.24, 2.45) is 0 Å². The maximum absolute atomic E-state index is 11.5. The molecule has 0 amide bonds. The van der Waals surface area contributed by atoms with Gasteiger partial charge in [-0.15, -0.1) is 0 Å². The third-order valence-corrected chi connectivity index (χ3v) is 3.54. The van der Waals surface area contributed by atoms with Crippen molar-refractivity contribution in [1.29, 1.82) is 0 Å². The molecule has 1 rings (SSSR count). The molecule has 1 aliphatic heterocycles. The summed E-state index contributed by atoms with van der Waals surface area (Å²) in [5, 5.41) is 8.51. The van der Waals surface area contributed by atoms with Gasteiger partial charge in [-0.1, -0.05) is 0 Å². The first-order valence-corrected chi connectivity index (χ1v) is 6.04. The lowest BCUT2D eigenvalue weighted by atomic mass is 10.5. The molecular weight excluding hydrogens is 208 g/mol. The lowest BCUT2D eigenvalue weighted by molar-refractivity contribution is 0.0725. The molecule has 2 N–H and O–H groups in total. The fourth-order valence-electron chi connectivity index (χ4n) is 1.16. The largest absolute Gasteiger partial charge is 0.396 e. The second-order valence-corrected chi connectivity index (χ2v) is 4.74. The summed E-state index contributed by atoms with van der Waals surface area (Å²) in [6, 6.07) is 0. The molecule has 1 fully saturated rings. The van der Waals surface area contributed by atoms with Crippen LogP contribution in [-0.2, 0) is 14.9 Å². The van der Waals surface area contributed by atoms with Gasteiger partial charge >= 0.3 is 0 Å². The fraction of sp³-hybridized carbons (Fsp3) is 1.00. The topological polar surface area (TPSA) is 78.9 Å². The highest BCUT2D eigenvalue weighted by Crippen LogP contribution is 2.02. The van der Waals surface area contributed by atoms with Crippen LogP contribution in [0.3, 0.4) is 0 Å². The van der Waals surface area contributed by atoms with E-state index in [4.69, 9.17) is 9.84 Å². The molecule has 0 spiro atoms. The maximum Gasteiger partial charge on any atom is 0.279 e. The minimum Gasteiger partial charge on any atom is -0.396 e. The molecule has 7 heteroatoms. The number of nitrogens with one attached hydrogen (secondary N) is 1. The molecule has 0 saturated carbocycles. The summed E-state index contributed by atoms with van der Waals surface area (Å²) in [4.78, 5) is 0. The molecule has 1 aliphatic rings. The molecule has 0 aromatic carbocycles. The van der Waals surface area contributed by atoms with Crippen LogP contribution in [0, 0.1) is 0 Å². The molecule has 0 aliphatic carbocycles. The third-order valence-electron chi connectivity index (χ3n) is 1.93. The van der Waals surface area contributed by atoms with Gasteiger partial charge in [-0.3, -0.25) is 0 Å². The van der Waals surface area contributed by atoms with Crippen LogP contribution in [0.2, 0.25) is 0 Å². The van der Waals surface area contributed by atoms with Crippen LogP contribution in [0.5, 0.6) is 0 Å². The molecule has 0 radical (unpaired) electrons. The minimum absolute atomic E-state index is 0.00830. The quantitative estimate of drug-likeness (QED) is 0.559. The highest BCUT2D eigenvalue weighted by molar-refractivity contribution is 7.87. The summed E-state index contributed by atoms with van der Waals surface area (Å²) in [6.45, 7) is 1.95. The zero-order valence-corrected chi connectivity index (χ0v) is 8.79. The average Bonchev–Trinajstić information content (AvgIpc) is 2.19. The van der Waals surface area contributed by atoms with E-state index in [0.29, 0.717) is 32.7 Å². The van der Waals surface area contributed by atoms with E-state index in [1.807, 2.05) is 0 Å². The van der Waals surface area contributed by atoms with Gasteiger partial charge in [0.25, 0.3) is 10.2 Å². The van der Waals surface area contributed by atoms with Crippen LogP contribution in [0.1, 0.15) is 6.42 Å². The number of hydrogen-bond acceptors (Lipinski definition) is 4. The van der Waals surface area contributed by atoms with Crippen molar-refractivity contribution < 1.29 is 18.3 Å². The summed E-state index contributed by atoms with van der Waals surface area (Å²) < 4.78 is 31.9. The molecule has 14 heavy (non-hydrogen) atoms. The third kappa shape index (κ3) is 3.50. The summed E-state index contributed by atoms with van der Waals surface area (Å²) in [5.74, 6) is 0. The Labute approximate surface area is 84.0 Å². The van der Waals surface area contributed by atoms with Crippen molar-refractivity contribution in [3.8, 4) is 0 Å². The Morgan fingerprint density at radius 1 is 1.36 bits per heavy atom. The second kappa shape index (κ2) is 5.62. The smallest absolute Gasteiger partial charge is 0.279 e. The minimum atomic E-state index is -3.36. The van der Waals surface area contributed by atoms with Gasteiger partial charge in [-0.25, -0.2) is 4.72 Å². The van der Waals surface area contributed by atoms with Crippen molar-refractivity contribution in [1.82, 2.24) is 9.03 Å². The molecule has 0 unspecified atom stereocenters. The Morgan fingerprint density at radius 3 is 2.57 bits per heavy atom. The molecular formula is C7H16N2O4S. The first-order chi connectivity index (χ1) is 6.67. The highest BCUT2D eigenvalue weighted by atomic mass is 32.2. The van der Waals surface area contributed by atoms with E-state index in [-0.39, 0.29) is 13.2 Å². The molecule has 84 valence electrons. The van der Waals surface area contributed by atoms with Crippen LogP contribution in [-0.4, -0.2) is 57.3 Å². The monoisotopic (exact) mass is 224 g/mol. The van der Waals surface area contributed by atoms with E-state index in [1.54, 1.807) is 0 Å². The SMILES string of the molecule is O=S(=O)(NCCCO)N1CCOCC1. The van der Waals surface area contributed by atoms with Gasteiger partial charge in [0.05, 0.1) is 13.2 Å². The van der Waals surface area contributed by atoms with Crippen LogP contribution >= 0.6 is 0 Å². The van der Waals surface area contributed by atoms with Crippen molar-refractivity contribution >= 4 is 10.2 Å². The van der Waals surface area contributed by atoms with E-state index in [0.717, 1.165) is 0 Å². The normalized spacial score (nSPS) is 19.8. The Bertz CT molecular complexity index is 248. The number of aliphatic hydroxyl groups excluding tert-OH is 1. The molecule has 1 saturated heterocycles. The predicted molar refractivity (Wildman–Crippen MR) is 51.0 cm³/mol. The first-order valence-electron chi connectivity index (χ1n) is 4.60. The van der Waals surface area contributed by atoms with Gasteiger partial charge in [0.15, 0.2) is 0 Å². The highest BCUT2D eigenvalue weighted by Gasteiger charge is 2.23. The predicted octanol–water partition coefficient (Wildman–Crippen LogP) is -1.46. The molecule has 0 aromatic heterocycles. The zero-order chi connectivity index (χ0) is 10.4. The fourth-order valence-corrected chi connectivity index (χ4v) is 2.37. The van der Waals surface area contributed by atoms with Crippen molar-refractivity contribution in [3.63, 3.8) is 0 Å². The first kappa shape index (κ1) is 11.9. The van der Waals surface area contributed by atoms with Crippen LogP contribution in [0.4, 0.5) is 0 Å². The maximum atomic E-state index is 11.5. The Kier molecular flexibility index (Phi) is 4.76. The molecule has 0 bridgehead atoms. The number of aliphatic hydroxyl groups is 1. The van der Waals surface area contributed by atoms with Gasteiger partial charge < -0.3 is 9.84 Å². The average molecular weight is 224 g/mol. The molecule has 1 heterocycles. The van der Waals surface area contributed by atoms with Crippen LogP contribution in [0.15, 0.2) is 0 Å². The van der Waals surface area contributed by atoms with E-state index in [1.165, 1.54) is 4.31 Å². The lowest BCUT2D eigenvalue weighted by Crippen LogP contribution is -2.46. The van der Waals surface area contributed by atoms with E-state index in [9.17, 15) is 8.42 Å². The summed E-state index contributed by atoms with van der Waals surface area (Å²) in [6.07, 6.45) is 0.434. The zero-order valence-electron chi connectivity index (χ0n) is 7.98. The number of hydrogen-bond donors (Lipinski definition) is 2. The van der Waals surface area contributed by atoms with Gasteiger partial charge in [0, 0.05) is 26.2 Å². The van der Waals surface area contributed by atoms with E-state index >= 15 is 0 Å². The number of ether oxygens (including phenoxy) is 1. The van der Waals surface area contributed by atoms with E-state index < -0.39 is 10.2 Å². The van der Waals surface area contributed by atoms with Gasteiger partial charge in [-0.05, 0) is 6.42 Å². The molecule has 0 atom stereocenters. The van der Waals surface area contributed by atoms with E-state index in [2.05, 4.69) is 4.72 Å².